The summed E-state index contributed by atoms with van der Waals surface area (Å²) in [4.78, 5) is 25.2. The van der Waals surface area contributed by atoms with Gasteiger partial charge in [0.1, 0.15) is 16.4 Å². The lowest BCUT2D eigenvalue weighted by Crippen LogP contribution is -2.16. The lowest BCUT2D eigenvalue weighted by molar-refractivity contribution is -0.113. The average molecular weight is 519 g/mol. The van der Waals surface area contributed by atoms with E-state index >= 15 is 0 Å². The Morgan fingerprint density at radius 3 is 2.65 bits per heavy atom. The number of nitrogens with one attached hydrogen (secondary N) is 1. The number of hydrogen-bond donors (Lipinski definition) is 1. The normalized spacial score (nSPS) is 14.2. The number of carbonyl (C=O) groups is 2. The molecule has 1 saturated carbocycles. The zero-order chi connectivity index (χ0) is 24.1. The van der Waals surface area contributed by atoms with E-state index in [2.05, 4.69) is 15.5 Å². The number of aromatic nitrogens is 3. The molecule has 0 unspecified atom stereocenters. The van der Waals surface area contributed by atoms with Gasteiger partial charge in [0.05, 0.1) is 12.9 Å². The van der Waals surface area contributed by atoms with Crippen LogP contribution in [0, 0.1) is 5.92 Å². The maximum Gasteiger partial charge on any atom is 0.341 e. The number of thioether (sulfide) groups is 1. The van der Waals surface area contributed by atoms with Crippen molar-refractivity contribution >= 4 is 51.6 Å². The quantitative estimate of drug-likeness (QED) is 0.298. The van der Waals surface area contributed by atoms with Gasteiger partial charge < -0.3 is 14.6 Å². The van der Waals surface area contributed by atoms with Gasteiger partial charge in [0, 0.05) is 29.4 Å². The molecule has 180 valence electrons. The monoisotopic (exact) mass is 518 g/mol. The molecule has 0 spiro atoms. The SMILES string of the molecule is COC(=O)c1c(-c2ccc(Cl)cc2)csc1NC(=O)CSc1nnc(CC2CCCCC2)n1C. The third kappa shape index (κ3) is 5.82. The number of hydrogen-bond acceptors (Lipinski definition) is 7. The summed E-state index contributed by atoms with van der Waals surface area (Å²) >= 11 is 8.61. The standard InChI is InChI=1S/C24H27ClN4O3S2/c1-29-19(12-15-6-4-3-5-7-15)27-28-24(29)34-14-20(30)26-22-21(23(31)32-2)18(13-33-22)16-8-10-17(25)11-9-16/h8-11,13,15H,3-7,12,14H2,1-2H3,(H,26,30). The van der Waals surface area contributed by atoms with E-state index in [1.807, 2.05) is 29.1 Å². The highest BCUT2D eigenvalue weighted by atomic mass is 35.5. The lowest BCUT2D eigenvalue weighted by Gasteiger charge is -2.20. The Hall–Kier alpha value is -2.36. The maximum atomic E-state index is 12.7. The first-order valence-electron chi connectivity index (χ1n) is 11.2. The van der Waals surface area contributed by atoms with Crippen LogP contribution in [0.3, 0.4) is 0 Å². The molecule has 2 aromatic heterocycles. The van der Waals surface area contributed by atoms with E-state index in [0.29, 0.717) is 32.2 Å². The van der Waals surface area contributed by atoms with Crippen LogP contribution in [0.5, 0.6) is 0 Å². The fraction of sp³-hybridized carbons (Fsp3) is 0.417. The second-order valence-electron chi connectivity index (χ2n) is 8.35. The van der Waals surface area contributed by atoms with Crippen molar-refractivity contribution in [2.45, 2.75) is 43.7 Å². The molecule has 10 heteroatoms. The first-order valence-corrected chi connectivity index (χ1v) is 13.5. The molecule has 1 aliphatic rings. The van der Waals surface area contributed by atoms with E-state index in [-0.39, 0.29) is 11.7 Å². The number of methoxy groups -OCH3 is 1. The predicted octanol–water partition coefficient (Wildman–Crippen LogP) is 5.84. The molecule has 0 aliphatic heterocycles. The molecule has 0 radical (unpaired) electrons. The summed E-state index contributed by atoms with van der Waals surface area (Å²) in [5, 5.41) is 15.1. The predicted molar refractivity (Wildman–Crippen MR) is 137 cm³/mol. The largest absolute Gasteiger partial charge is 0.465 e. The van der Waals surface area contributed by atoms with Crippen molar-refractivity contribution < 1.29 is 14.3 Å². The van der Waals surface area contributed by atoms with E-state index in [9.17, 15) is 9.59 Å². The smallest absolute Gasteiger partial charge is 0.341 e. The average Bonchev–Trinajstić information content (AvgIpc) is 3.42. The first kappa shape index (κ1) is 24.8. The molecule has 1 aliphatic carbocycles. The molecule has 1 fully saturated rings. The Bertz CT molecular complexity index is 1150. The molecule has 1 aromatic carbocycles. The van der Waals surface area contributed by atoms with Gasteiger partial charge in [-0.3, -0.25) is 4.79 Å². The zero-order valence-electron chi connectivity index (χ0n) is 19.2. The first-order chi connectivity index (χ1) is 16.5. The minimum Gasteiger partial charge on any atom is -0.465 e. The van der Waals surface area contributed by atoms with E-state index in [0.717, 1.165) is 17.8 Å². The van der Waals surface area contributed by atoms with Crippen molar-refractivity contribution in [3.8, 4) is 11.1 Å². The van der Waals surface area contributed by atoms with Gasteiger partial charge in [-0.25, -0.2) is 4.79 Å². The summed E-state index contributed by atoms with van der Waals surface area (Å²) in [6, 6.07) is 7.18. The van der Waals surface area contributed by atoms with Crippen molar-refractivity contribution in [3.05, 3.63) is 46.1 Å². The number of carbonyl (C=O) groups excluding carboxylic acids is 2. The molecule has 7 nitrogen and oxygen atoms in total. The molecule has 4 rings (SSSR count). The summed E-state index contributed by atoms with van der Waals surface area (Å²) in [6.07, 6.45) is 7.34. The number of ether oxygens (including phenoxy) is 1. The van der Waals surface area contributed by atoms with Gasteiger partial charge in [0.15, 0.2) is 5.16 Å². The highest BCUT2D eigenvalue weighted by Gasteiger charge is 2.23. The lowest BCUT2D eigenvalue weighted by atomic mass is 9.87. The van der Waals surface area contributed by atoms with Crippen LogP contribution in [0.1, 0.15) is 48.3 Å². The molecule has 2 heterocycles. The number of nitrogens with zero attached hydrogens (tertiary/aromatic N) is 3. The molecule has 1 amide bonds. The van der Waals surface area contributed by atoms with E-state index < -0.39 is 5.97 Å². The number of thiophene rings is 1. The van der Waals surface area contributed by atoms with Gasteiger partial charge in [-0.1, -0.05) is 67.6 Å². The third-order valence-corrected chi connectivity index (χ3v) is 8.21. The molecular formula is C24H27ClN4O3S2. The fourth-order valence-electron chi connectivity index (χ4n) is 4.19. The van der Waals surface area contributed by atoms with Crippen LogP contribution in [0.4, 0.5) is 5.00 Å². The number of halogens is 1. The molecular weight excluding hydrogens is 492 g/mol. The third-order valence-electron chi connectivity index (χ3n) is 6.04. The summed E-state index contributed by atoms with van der Waals surface area (Å²) in [5.74, 6) is 1.06. The van der Waals surface area contributed by atoms with Gasteiger partial charge in [-0.2, -0.15) is 0 Å². The molecule has 34 heavy (non-hydrogen) atoms. The molecule has 0 bridgehead atoms. The number of anilines is 1. The van der Waals surface area contributed by atoms with Gasteiger partial charge in [-0.15, -0.1) is 21.5 Å². The Labute approximate surface area is 212 Å². The Morgan fingerprint density at radius 2 is 1.94 bits per heavy atom. The van der Waals surface area contributed by atoms with Crippen LogP contribution >= 0.6 is 34.7 Å². The number of amides is 1. The maximum absolute atomic E-state index is 12.7. The minimum absolute atomic E-state index is 0.157. The van der Waals surface area contributed by atoms with Crippen LogP contribution in [-0.2, 0) is 23.0 Å². The number of esters is 1. The fourth-order valence-corrected chi connectivity index (χ4v) is 6.02. The van der Waals surface area contributed by atoms with Crippen LogP contribution in [-0.4, -0.2) is 39.5 Å². The van der Waals surface area contributed by atoms with Gasteiger partial charge in [-0.05, 0) is 23.6 Å². The Balaban J connectivity index is 1.41. The molecule has 1 N–H and O–H groups in total. The number of benzene rings is 1. The molecule has 0 atom stereocenters. The van der Waals surface area contributed by atoms with Crippen molar-refractivity contribution in [1.82, 2.24) is 14.8 Å². The van der Waals surface area contributed by atoms with Crippen molar-refractivity contribution in [2.24, 2.45) is 13.0 Å². The summed E-state index contributed by atoms with van der Waals surface area (Å²) < 4.78 is 6.96. The molecule has 0 saturated heterocycles. The van der Waals surface area contributed by atoms with E-state index in [1.165, 1.54) is 62.3 Å². The van der Waals surface area contributed by atoms with Crippen LogP contribution in [0.2, 0.25) is 5.02 Å². The van der Waals surface area contributed by atoms with Crippen LogP contribution in [0.15, 0.2) is 34.8 Å². The van der Waals surface area contributed by atoms with Crippen LogP contribution in [0.25, 0.3) is 11.1 Å². The number of rotatable bonds is 8. The van der Waals surface area contributed by atoms with Crippen LogP contribution < -0.4 is 5.32 Å². The second-order valence-corrected chi connectivity index (χ2v) is 10.6. The van der Waals surface area contributed by atoms with E-state index in [1.54, 1.807) is 12.1 Å². The van der Waals surface area contributed by atoms with Crippen molar-refractivity contribution in [2.75, 3.05) is 18.2 Å². The topological polar surface area (TPSA) is 86.1 Å². The van der Waals surface area contributed by atoms with Crippen molar-refractivity contribution in [1.29, 1.82) is 0 Å². The summed E-state index contributed by atoms with van der Waals surface area (Å²) in [6.45, 7) is 0. The summed E-state index contributed by atoms with van der Waals surface area (Å²) in [7, 11) is 3.28. The zero-order valence-corrected chi connectivity index (χ0v) is 21.6. The van der Waals surface area contributed by atoms with Crippen molar-refractivity contribution in [3.63, 3.8) is 0 Å². The van der Waals surface area contributed by atoms with E-state index in [4.69, 9.17) is 16.3 Å². The Kier molecular flexibility index (Phi) is 8.28. The highest BCUT2D eigenvalue weighted by molar-refractivity contribution is 7.99. The van der Waals surface area contributed by atoms with Gasteiger partial charge in [0.25, 0.3) is 0 Å². The Morgan fingerprint density at radius 1 is 1.21 bits per heavy atom. The molecule has 3 aromatic rings. The second kappa shape index (κ2) is 11.4. The van der Waals surface area contributed by atoms with Gasteiger partial charge >= 0.3 is 5.97 Å². The minimum atomic E-state index is -0.505. The highest BCUT2D eigenvalue weighted by Crippen LogP contribution is 2.37. The van der Waals surface area contributed by atoms with Gasteiger partial charge in [0.2, 0.25) is 5.91 Å². The summed E-state index contributed by atoms with van der Waals surface area (Å²) in [5.41, 5.74) is 1.85.